The van der Waals surface area contributed by atoms with Gasteiger partial charge in [-0.1, -0.05) is 6.07 Å². The highest BCUT2D eigenvalue weighted by molar-refractivity contribution is 7.92. The SMILES string of the molecule is Cc1ccc(F)c(N(CC(=O)N(C)C)S(C)(=O)=O)c1. The van der Waals surface area contributed by atoms with Gasteiger partial charge in [0.05, 0.1) is 11.9 Å². The van der Waals surface area contributed by atoms with Gasteiger partial charge in [-0.15, -0.1) is 0 Å². The van der Waals surface area contributed by atoms with E-state index >= 15 is 0 Å². The molecule has 1 amide bonds. The molecule has 0 atom stereocenters. The molecule has 0 N–H and O–H groups in total. The van der Waals surface area contributed by atoms with Crippen LogP contribution in [-0.2, 0) is 14.8 Å². The molecule has 0 bridgehead atoms. The molecule has 0 saturated heterocycles. The fourth-order valence-corrected chi connectivity index (χ4v) is 2.30. The van der Waals surface area contributed by atoms with E-state index in [1.807, 2.05) is 0 Å². The van der Waals surface area contributed by atoms with Crippen LogP contribution in [0.3, 0.4) is 0 Å². The van der Waals surface area contributed by atoms with Crippen LogP contribution in [0.25, 0.3) is 0 Å². The molecular weight excluding hydrogens is 271 g/mol. The maximum atomic E-state index is 13.8. The Balaban J connectivity index is 3.26. The van der Waals surface area contributed by atoms with Gasteiger partial charge in [-0.05, 0) is 24.6 Å². The molecule has 1 rings (SSSR count). The third-order valence-electron chi connectivity index (χ3n) is 2.55. The van der Waals surface area contributed by atoms with Crippen LogP contribution in [0.15, 0.2) is 18.2 Å². The Morgan fingerprint density at radius 1 is 1.32 bits per heavy atom. The van der Waals surface area contributed by atoms with Crippen LogP contribution in [0.4, 0.5) is 10.1 Å². The van der Waals surface area contributed by atoms with E-state index in [0.29, 0.717) is 5.56 Å². The van der Waals surface area contributed by atoms with Crippen molar-refractivity contribution in [3.05, 3.63) is 29.6 Å². The summed E-state index contributed by atoms with van der Waals surface area (Å²) in [6.45, 7) is 1.30. The van der Waals surface area contributed by atoms with Gasteiger partial charge in [0, 0.05) is 14.1 Å². The maximum Gasteiger partial charge on any atom is 0.242 e. The second-order valence-electron chi connectivity index (χ2n) is 4.51. The Kier molecular flexibility index (Phi) is 4.52. The van der Waals surface area contributed by atoms with Crippen molar-refractivity contribution in [3.63, 3.8) is 0 Å². The molecule has 0 fully saturated rings. The van der Waals surface area contributed by atoms with Crippen molar-refractivity contribution < 1.29 is 17.6 Å². The molecule has 1 aromatic rings. The van der Waals surface area contributed by atoms with Crippen LogP contribution in [-0.4, -0.2) is 46.1 Å². The zero-order valence-electron chi connectivity index (χ0n) is 11.3. The molecule has 0 saturated carbocycles. The molecule has 1 aromatic carbocycles. The summed E-state index contributed by atoms with van der Waals surface area (Å²) in [5, 5.41) is 0. The van der Waals surface area contributed by atoms with E-state index in [1.165, 1.54) is 37.2 Å². The third kappa shape index (κ3) is 3.92. The van der Waals surface area contributed by atoms with E-state index in [2.05, 4.69) is 0 Å². The van der Waals surface area contributed by atoms with Gasteiger partial charge in [-0.25, -0.2) is 12.8 Å². The monoisotopic (exact) mass is 288 g/mol. The second kappa shape index (κ2) is 5.56. The lowest BCUT2D eigenvalue weighted by molar-refractivity contribution is -0.127. The van der Waals surface area contributed by atoms with E-state index in [0.717, 1.165) is 10.6 Å². The number of halogens is 1. The summed E-state index contributed by atoms with van der Waals surface area (Å²) in [5.41, 5.74) is 0.597. The fourth-order valence-electron chi connectivity index (χ4n) is 1.46. The number of benzene rings is 1. The van der Waals surface area contributed by atoms with Crippen LogP contribution in [0, 0.1) is 12.7 Å². The minimum Gasteiger partial charge on any atom is -0.347 e. The Bertz CT molecular complexity index is 585. The number of hydrogen-bond acceptors (Lipinski definition) is 3. The van der Waals surface area contributed by atoms with Gasteiger partial charge in [0.2, 0.25) is 15.9 Å². The van der Waals surface area contributed by atoms with Crippen molar-refractivity contribution in [2.45, 2.75) is 6.92 Å². The van der Waals surface area contributed by atoms with Gasteiger partial charge in [0.15, 0.2) is 0 Å². The van der Waals surface area contributed by atoms with Crippen molar-refractivity contribution in [2.75, 3.05) is 31.2 Å². The van der Waals surface area contributed by atoms with Gasteiger partial charge in [0.25, 0.3) is 0 Å². The number of rotatable bonds is 4. The van der Waals surface area contributed by atoms with Crippen LogP contribution in [0.2, 0.25) is 0 Å². The molecule has 0 spiro atoms. The van der Waals surface area contributed by atoms with Crippen molar-refractivity contribution in [2.24, 2.45) is 0 Å². The van der Waals surface area contributed by atoms with E-state index in [9.17, 15) is 17.6 Å². The van der Waals surface area contributed by atoms with Gasteiger partial charge < -0.3 is 4.90 Å². The molecule has 0 unspecified atom stereocenters. The molecule has 5 nitrogen and oxygen atoms in total. The molecule has 0 aliphatic heterocycles. The molecular formula is C12H17FN2O3S. The summed E-state index contributed by atoms with van der Waals surface area (Å²) >= 11 is 0. The number of likely N-dealkylation sites (N-methyl/N-ethyl adjacent to an activating group) is 1. The van der Waals surface area contributed by atoms with Gasteiger partial charge in [-0.2, -0.15) is 0 Å². The molecule has 0 aliphatic carbocycles. The predicted octanol–water partition coefficient (Wildman–Crippen LogP) is 0.988. The summed E-state index contributed by atoms with van der Waals surface area (Å²) in [5.74, 6) is -1.10. The van der Waals surface area contributed by atoms with Gasteiger partial charge >= 0.3 is 0 Å². The summed E-state index contributed by atoms with van der Waals surface area (Å²) in [6, 6.07) is 4.12. The lowest BCUT2D eigenvalue weighted by Crippen LogP contribution is -2.40. The van der Waals surface area contributed by atoms with E-state index in [1.54, 1.807) is 6.92 Å². The lowest BCUT2D eigenvalue weighted by atomic mass is 10.2. The normalized spacial score (nSPS) is 11.2. The Labute approximate surface area is 112 Å². The number of nitrogens with zero attached hydrogens (tertiary/aromatic N) is 2. The second-order valence-corrected chi connectivity index (χ2v) is 6.42. The smallest absolute Gasteiger partial charge is 0.242 e. The molecule has 7 heteroatoms. The molecule has 0 aromatic heterocycles. The van der Waals surface area contributed by atoms with E-state index < -0.39 is 28.3 Å². The van der Waals surface area contributed by atoms with Crippen LogP contribution in [0.1, 0.15) is 5.56 Å². The maximum absolute atomic E-state index is 13.8. The van der Waals surface area contributed by atoms with Gasteiger partial charge in [0.1, 0.15) is 12.4 Å². The number of aryl methyl sites for hydroxylation is 1. The highest BCUT2D eigenvalue weighted by atomic mass is 32.2. The summed E-state index contributed by atoms with van der Waals surface area (Å²) in [4.78, 5) is 12.9. The topological polar surface area (TPSA) is 57.7 Å². The summed E-state index contributed by atoms with van der Waals surface area (Å²) in [7, 11) is -0.721. The molecule has 0 radical (unpaired) electrons. The number of carbonyl (C=O) groups excluding carboxylic acids is 1. The Morgan fingerprint density at radius 2 is 1.89 bits per heavy atom. The first kappa shape index (κ1) is 15.4. The zero-order chi connectivity index (χ0) is 14.8. The van der Waals surface area contributed by atoms with Crippen molar-refractivity contribution in [3.8, 4) is 0 Å². The average molecular weight is 288 g/mol. The fraction of sp³-hybridized carbons (Fsp3) is 0.417. The van der Waals surface area contributed by atoms with Crippen LogP contribution < -0.4 is 4.31 Å². The molecule has 19 heavy (non-hydrogen) atoms. The highest BCUT2D eigenvalue weighted by Crippen LogP contribution is 2.23. The lowest BCUT2D eigenvalue weighted by Gasteiger charge is -2.24. The Hall–Kier alpha value is -1.63. The predicted molar refractivity (Wildman–Crippen MR) is 72.0 cm³/mol. The molecule has 0 aliphatic rings. The number of hydrogen-bond donors (Lipinski definition) is 0. The van der Waals surface area contributed by atoms with E-state index in [4.69, 9.17) is 0 Å². The highest BCUT2D eigenvalue weighted by Gasteiger charge is 2.24. The van der Waals surface area contributed by atoms with Crippen molar-refractivity contribution in [1.82, 2.24) is 4.90 Å². The minimum absolute atomic E-state index is 0.113. The number of sulfonamides is 1. The first-order valence-corrected chi connectivity index (χ1v) is 7.42. The van der Waals surface area contributed by atoms with Gasteiger partial charge in [-0.3, -0.25) is 9.10 Å². The van der Waals surface area contributed by atoms with Crippen molar-refractivity contribution >= 4 is 21.6 Å². The first-order valence-electron chi connectivity index (χ1n) is 5.57. The van der Waals surface area contributed by atoms with Crippen molar-refractivity contribution in [1.29, 1.82) is 0 Å². The standard InChI is InChI=1S/C12H17FN2O3S/c1-9-5-6-10(13)11(7-9)15(19(4,17)18)8-12(16)14(2)3/h5-7H,8H2,1-4H3. The quantitative estimate of drug-likeness (QED) is 0.830. The summed E-state index contributed by atoms with van der Waals surface area (Å²) < 4.78 is 38.0. The third-order valence-corrected chi connectivity index (χ3v) is 3.67. The molecule has 0 heterocycles. The Morgan fingerprint density at radius 3 is 2.37 bits per heavy atom. The number of carbonyl (C=O) groups is 1. The number of anilines is 1. The summed E-state index contributed by atoms with van der Waals surface area (Å²) in [6.07, 6.45) is 0.942. The average Bonchev–Trinajstić information content (AvgIpc) is 2.27. The number of amides is 1. The van der Waals surface area contributed by atoms with Crippen LogP contribution in [0.5, 0.6) is 0 Å². The van der Waals surface area contributed by atoms with E-state index in [-0.39, 0.29) is 5.69 Å². The first-order chi connectivity index (χ1) is 8.62. The molecule has 106 valence electrons. The minimum atomic E-state index is -3.74. The largest absolute Gasteiger partial charge is 0.347 e. The van der Waals surface area contributed by atoms with Crippen LogP contribution >= 0.6 is 0 Å². The zero-order valence-corrected chi connectivity index (χ0v) is 12.2.